The van der Waals surface area contributed by atoms with Crippen LogP contribution in [0, 0.1) is 6.92 Å². The van der Waals surface area contributed by atoms with Crippen LogP contribution in [0.15, 0.2) is 18.6 Å². The Balaban J connectivity index is 2.23. The Bertz CT molecular complexity index is 489. The average molecular weight is 223 g/mol. The van der Waals surface area contributed by atoms with Crippen molar-refractivity contribution in [2.24, 2.45) is 0 Å². The zero-order valence-corrected chi connectivity index (χ0v) is 8.86. The molecule has 2 aromatic rings. The lowest BCUT2D eigenvalue weighted by Crippen LogP contribution is -1.98. The molecule has 0 amide bonds. The van der Waals surface area contributed by atoms with Crippen molar-refractivity contribution in [3.63, 3.8) is 0 Å². The van der Waals surface area contributed by atoms with Crippen molar-refractivity contribution >= 4 is 17.3 Å². The lowest BCUT2D eigenvalue weighted by molar-refractivity contribution is -0.136. The highest BCUT2D eigenvalue weighted by atomic mass is 32.1. The zero-order chi connectivity index (χ0) is 10.8. The number of carboxylic acid groups (broad SMARTS) is 1. The van der Waals surface area contributed by atoms with Gasteiger partial charge in [0.05, 0.1) is 12.6 Å². The number of hydrogen-bond donors (Lipinski definition) is 1. The van der Waals surface area contributed by atoms with Gasteiger partial charge >= 0.3 is 5.97 Å². The number of hydrogen-bond acceptors (Lipinski definition) is 4. The summed E-state index contributed by atoms with van der Waals surface area (Å²) in [6.07, 6.45) is 4.99. The molecule has 0 spiro atoms. The third-order valence-corrected chi connectivity index (χ3v) is 2.70. The Morgan fingerprint density at radius 1 is 1.60 bits per heavy atom. The summed E-state index contributed by atoms with van der Waals surface area (Å²) in [6.45, 7) is 1.96. The molecule has 0 saturated heterocycles. The highest BCUT2D eigenvalue weighted by Crippen LogP contribution is 2.15. The maximum Gasteiger partial charge on any atom is 0.307 e. The number of nitrogens with zero attached hydrogens (tertiary/aromatic N) is 3. The van der Waals surface area contributed by atoms with E-state index >= 15 is 0 Å². The fraction of sp³-hybridized carbons (Fsp3) is 0.222. The summed E-state index contributed by atoms with van der Waals surface area (Å²) in [6, 6.07) is 0. The molecule has 0 unspecified atom stereocenters. The molecule has 2 heterocycles. The Kier molecular flexibility index (Phi) is 2.51. The van der Waals surface area contributed by atoms with Gasteiger partial charge in [-0.1, -0.05) is 0 Å². The van der Waals surface area contributed by atoms with Crippen molar-refractivity contribution in [1.29, 1.82) is 0 Å². The fourth-order valence-electron chi connectivity index (χ4n) is 1.18. The summed E-state index contributed by atoms with van der Waals surface area (Å²) in [5.74, 6) is -0.857. The molecule has 0 fully saturated rings. The number of aromatic nitrogens is 3. The number of thiazole rings is 1. The van der Waals surface area contributed by atoms with Crippen molar-refractivity contribution in [2.75, 3.05) is 0 Å². The standard InChI is InChI=1S/C9H9N3O2S/c1-6-3-10-9(15-6)12-5-7(4-11-12)2-8(13)14/h3-5H,2H2,1H3,(H,13,14). The first-order valence-electron chi connectivity index (χ1n) is 4.33. The van der Waals surface area contributed by atoms with Gasteiger partial charge in [0.2, 0.25) is 5.13 Å². The van der Waals surface area contributed by atoms with Gasteiger partial charge in [0.25, 0.3) is 0 Å². The fourth-order valence-corrected chi connectivity index (χ4v) is 1.87. The first kappa shape index (κ1) is 9.85. The van der Waals surface area contributed by atoms with Crippen molar-refractivity contribution in [1.82, 2.24) is 14.8 Å². The number of carboxylic acids is 1. The number of rotatable bonds is 3. The molecule has 5 nitrogen and oxygen atoms in total. The van der Waals surface area contributed by atoms with Gasteiger partial charge in [-0.3, -0.25) is 4.79 Å². The van der Waals surface area contributed by atoms with E-state index in [1.54, 1.807) is 23.3 Å². The first-order valence-corrected chi connectivity index (χ1v) is 5.15. The summed E-state index contributed by atoms with van der Waals surface area (Å²) in [4.78, 5) is 15.7. The van der Waals surface area contributed by atoms with Gasteiger partial charge in [-0.2, -0.15) is 5.10 Å². The highest BCUT2D eigenvalue weighted by molar-refractivity contribution is 7.13. The zero-order valence-electron chi connectivity index (χ0n) is 8.04. The highest BCUT2D eigenvalue weighted by Gasteiger charge is 2.06. The largest absolute Gasteiger partial charge is 0.481 e. The summed E-state index contributed by atoms with van der Waals surface area (Å²) < 4.78 is 1.59. The van der Waals surface area contributed by atoms with Crippen LogP contribution in [-0.2, 0) is 11.2 Å². The lowest BCUT2D eigenvalue weighted by atomic mass is 10.3. The second-order valence-electron chi connectivity index (χ2n) is 3.12. The van der Waals surface area contributed by atoms with Crippen molar-refractivity contribution in [3.05, 3.63) is 29.0 Å². The molecule has 0 bridgehead atoms. The van der Waals surface area contributed by atoms with Crippen molar-refractivity contribution in [3.8, 4) is 5.13 Å². The van der Waals surface area contributed by atoms with Gasteiger partial charge in [0.15, 0.2) is 0 Å². The normalized spacial score (nSPS) is 10.5. The van der Waals surface area contributed by atoms with E-state index < -0.39 is 5.97 Å². The maximum absolute atomic E-state index is 10.5. The average Bonchev–Trinajstić information content (AvgIpc) is 2.72. The van der Waals surface area contributed by atoms with Crippen LogP contribution in [0.3, 0.4) is 0 Å². The number of aryl methyl sites for hydroxylation is 1. The van der Waals surface area contributed by atoms with Crippen molar-refractivity contribution < 1.29 is 9.90 Å². The van der Waals surface area contributed by atoms with Crippen molar-refractivity contribution in [2.45, 2.75) is 13.3 Å². The van der Waals surface area contributed by atoms with Crippen LogP contribution in [-0.4, -0.2) is 25.8 Å². The van der Waals surface area contributed by atoms with E-state index in [0.717, 1.165) is 10.0 Å². The second-order valence-corrected chi connectivity index (χ2v) is 4.33. The van der Waals surface area contributed by atoms with Gasteiger partial charge in [0, 0.05) is 22.8 Å². The lowest BCUT2D eigenvalue weighted by Gasteiger charge is -1.91. The van der Waals surface area contributed by atoms with E-state index in [1.165, 1.54) is 11.3 Å². The molecule has 78 valence electrons. The molecule has 0 aromatic carbocycles. The molecule has 0 atom stereocenters. The first-order chi connectivity index (χ1) is 7.15. The predicted octanol–water partition coefficient (Wildman–Crippen LogP) is 1.26. The van der Waals surface area contributed by atoms with Gasteiger partial charge in [-0.05, 0) is 6.92 Å². The molecule has 0 radical (unpaired) electrons. The molecule has 2 rings (SSSR count). The molecule has 0 aliphatic rings. The minimum absolute atomic E-state index is 0.00957. The van der Waals surface area contributed by atoms with Gasteiger partial charge in [-0.15, -0.1) is 11.3 Å². The van der Waals surface area contributed by atoms with Crippen LogP contribution in [0.4, 0.5) is 0 Å². The predicted molar refractivity (Wildman–Crippen MR) is 55.3 cm³/mol. The topological polar surface area (TPSA) is 68.0 Å². The molecule has 1 N–H and O–H groups in total. The van der Waals surface area contributed by atoms with E-state index in [9.17, 15) is 4.79 Å². The van der Waals surface area contributed by atoms with Gasteiger partial charge in [0.1, 0.15) is 0 Å². The summed E-state index contributed by atoms with van der Waals surface area (Å²) >= 11 is 1.51. The Morgan fingerprint density at radius 2 is 2.40 bits per heavy atom. The molecule has 0 aliphatic carbocycles. The van der Waals surface area contributed by atoms with E-state index in [1.807, 2.05) is 6.92 Å². The molecular formula is C9H9N3O2S. The minimum atomic E-state index is -0.857. The third kappa shape index (κ3) is 2.21. The van der Waals surface area contributed by atoms with Gasteiger partial charge in [-0.25, -0.2) is 9.67 Å². The Hall–Kier alpha value is -1.69. The molecular weight excluding hydrogens is 214 g/mol. The molecule has 0 aliphatic heterocycles. The maximum atomic E-state index is 10.5. The smallest absolute Gasteiger partial charge is 0.307 e. The summed E-state index contributed by atoms with van der Waals surface area (Å²) in [7, 11) is 0. The van der Waals surface area contributed by atoms with E-state index in [2.05, 4.69) is 10.1 Å². The van der Waals surface area contributed by atoms with Crippen LogP contribution in [0.25, 0.3) is 5.13 Å². The third-order valence-electron chi connectivity index (χ3n) is 1.80. The van der Waals surface area contributed by atoms with Crippen LogP contribution >= 0.6 is 11.3 Å². The van der Waals surface area contributed by atoms with E-state index in [-0.39, 0.29) is 6.42 Å². The van der Waals surface area contributed by atoms with Gasteiger partial charge < -0.3 is 5.11 Å². The van der Waals surface area contributed by atoms with Crippen LogP contribution in [0.1, 0.15) is 10.4 Å². The van der Waals surface area contributed by atoms with Crippen LogP contribution in [0.5, 0.6) is 0 Å². The SMILES string of the molecule is Cc1cnc(-n2cc(CC(=O)O)cn2)s1. The summed E-state index contributed by atoms with van der Waals surface area (Å²) in [5, 5.41) is 13.4. The number of carbonyl (C=O) groups is 1. The van der Waals surface area contributed by atoms with Crippen LogP contribution < -0.4 is 0 Å². The quantitative estimate of drug-likeness (QED) is 0.850. The minimum Gasteiger partial charge on any atom is -0.481 e. The Labute approximate surface area is 90.0 Å². The molecule has 2 aromatic heterocycles. The van der Waals surface area contributed by atoms with Crippen LogP contribution in [0.2, 0.25) is 0 Å². The molecule has 0 saturated carbocycles. The number of aliphatic carboxylic acids is 1. The van der Waals surface area contributed by atoms with E-state index in [4.69, 9.17) is 5.11 Å². The monoisotopic (exact) mass is 223 g/mol. The molecule has 6 heteroatoms. The molecule has 15 heavy (non-hydrogen) atoms. The second kappa shape index (κ2) is 3.82. The Morgan fingerprint density at radius 3 is 3.00 bits per heavy atom. The summed E-state index contributed by atoms with van der Waals surface area (Å²) in [5.41, 5.74) is 0.676. The van der Waals surface area contributed by atoms with E-state index in [0.29, 0.717) is 5.56 Å².